The second-order valence-electron chi connectivity index (χ2n) is 15.3. The first-order valence-electron chi connectivity index (χ1n) is 18.3. The zero-order valence-corrected chi connectivity index (χ0v) is 29.0. The van der Waals surface area contributed by atoms with Crippen molar-refractivity contribution >= 4 is 70.4 Å². The molecule has 11 aromatic rings. The molecule has 0 saturated heterocycles. The predicted molar refractivity (Wildman–Crippen MR) is 222 cm³/mol. The van der Waals surface area contributed by atoms with Crippen molar-refractivity contribution in [2.45, 2.75) is 19.3 Å². The lowest BCUT2D eigenvalue weighted by molar-refractivity contribution is 0.661. The highest BCUT2D eigenvalue weighted by Gasteiger charge is 2.36. The van der Waals surface area contributed by atoms with Crippen molar-refractivity contribution < 1.29 is 0 Å². The topological polar surface area (TPSA) is 4.41 Å². The molecule has 0 atom stereocenters. The van der Waals surface area contributed by atoms with Crippen LogP contribution in [0.2, 0.25) is 0 Å². The Morgan fingerprint density at radius 2 is 0.750 bits per heavy atom. The molecule has 0 bridgehead atoms. The van der Waals surface area contributed by atoms with Gasteiger partial charge in [-0.3, -0.25) is 0 Å². The Labute approximate surface area is 301 Å². The summed E-state index contributed by atoms with van der Waals surface area (Å²) in [6.07, 6.45) is 0. The average molecular weight is 660 g/mol. The number of aromatic nitrogens is 1. The average Bonchev–Trinajstić information content (AvgIpc) is 3.80. The van der Waals surface area contributed by atoms with E-state index in [2.05, 4.69) is 182 Å². The molecule has 2 aromatic heterocycles. The molecular formula is C51H33N. The van der Waals surface area contributed by atoms with Gasteiger partial charge in [-0.1, -0.05) is 147 Å². The van der Waals surface area contributed by atoms with Crippen LogP contribution in [-0.4, -0.2) is 4.40 Å². The molecule has 9 aromatic carbocycles. The summed E-state index contributed by atoms with van der Waals surface area (Å²) in [5, 5.41) is 13.1. The minimum Gasteiger partial charge on any atom is -0.308 e. The van der Waals surface area contributed by atoms with Crippen LogP contribution in [0.15, 0.2) is 164 Å². The van der Waals surface area contributed by atoms with Crippen LogP contribution in [-0.2, 0) is 5.41 Å². The first-order chi connectivity index (χ1) is 25.5. The van der Waals surface area contributed by atoms with Crippen molar-refractivity contribution in [3.05, 3.63) is 175 Å². The molecule has 0 saturated carbocycles. The van der Waals surface area contributed by atoms with Gasteiger partial charge < -0.3 is 4.40 Å². The van der Waals surface area contributed by atoms with Crippen molar-refractivity contribution in [1.82, 2.24) is 4.40 Å². The Kier molecular flexibility index (Phi) is 5.37. The van der Waals surface area contributed by atoms with Gasteiger partial charge in [-0.2, -0.15) is 0 Å². The number of para-hydroxylation sites is 2. The van der Waals surface area contributed by atoms with Gasteiger partial charge in [0.25, 0.3) is 0 Å². The minimum atomic E-state index is -0.133. The van der Waals surface area contributed by atoms with Crippen LogP contribution in [0.5, 0.6) is 0 Å². The fourth-order valence-electron chi connectivity index (χ4n) is 9.79. The van der Waals surface area contributed by atoms with Gasteiger partial charge in [-0.15, -0.1) is 0 Å². The smallest absolute Gasteiger partial charge is 0.0620 e. The van der Waals surface area contributed by atoms with E-state index in [9.17, 15) is 0 Å². The number of fused-ring (bicyclic) bond motifs is 15. The Bertz CT molecular complexity index is 3280. The summed E-state index contributed by atoms with van der Waals surface area (Å²) in [6.45, 7) is 4.79. The number of nitrogens with zero attached hydrogens (tertiary/aromatic N) is 1. The summed E-state index contributed by atoms with van der Waals surface area (Å²) in [7, 11) is 0. The highest BCUT2D eigenvalue weighted by molar-refractivity contribution is 6.26. The zero-order chi connectivity index (χ0) is 34.3. The molecule has 0 N–H and O–H groups in total. The van der Waals surface area contributed by atoms with Gasteiger partial charge in [-0.05, 0) is 107 Å². The van der Waals surface area contributed by atoms with Crippen molar-refractivity contribution in [1.29, 1.82) is 0 Å². The van der Waals surface area contributed by atoms with Crippen LogP contribution >= 0.6 is 0 Å². The molecule has 0 spiro atoms. The molecule has 0 fully saturated rings. The summed E-state index contributed by atoms with van der Waals surface area (Å²) < 4.78 is 2.48. The summed E-state index contributed by atoms with van der Waals surface area (Å²) in [6, 6.07) is 61.6. The second kappa shape index (κ2) is 9.87. The minimum absolute atomic E-state index is 0.133. The Morgan fingerprint density at radius 1 is 0.327 bits per heavy atom. The molecule has 2 heterocycles. The highest BCUT2D eigenvalue weighted by atomic mass is 14.9. The maximum absolute atomic E-state index is 2.48. The molecule has 1 aliphatic rings. The van der Waals surface area contributed by atoms with Crippen molar-refractivity contribution in [3.63, 3.8) is 0 Å². The lowest BCUT2D eigenvalue weighted by Crippen LogP contribution is -2.15. The number of hydrogen-bond donors (Lipinski definition) is 0. The SMILES string of the molecule is CC1(C)c2cc(-c3ccc4c5ccccc5c5ccccc5c4c3)ccc2-c2ccc(-c3ccc4c5cccc6c7ccccc7n(c4c3)c65)cc21. The van der Waals surface area contributed by atoms with Gasteiger partial charge in [-0.25, -0.2) is 0 Å². The van der Waals surface area contributed by atoms with Crippen LogP contribution in [0.1, 0.15) is 25.0 Å². The number of hydrogen-bond acceptors (Lipinski definition) is 0. The molecule has 1 heteroatoms. The standard InChI is InChI=1S/C51H33N/c1-51(2)46-27-31(30-18-22-38-36-12-4-3-10-34(36)35-11-5-6-13-37(35)45(38)26-30)19-23-39(46)40-24-20-32(28-47(40)51)33-21-25-42-44-16-9-15-43-41-14-7-8-17-48(41)52(50(43)44)49(42)29-33/h3-29H,1-2H3. The van der Waals surface area contributed by atoms with E-state index in [4.69, 9.17) is 0 Å². The summed E-state index contributed by atoms with van der Waals surface area (Å²) in [4.78, 5) is 0. The maximum atomic E-state index is 2.48. The van der Waals surface area contributed by atoms with Gasteiger partial charge in [0.15, 0.2) is 0 Å². The Morgan fingerprint density at radius 3 is 1.37 bits per heavy atom. The normalized spacial score (nSPS) is 13.7. The molecule has 12 rings (SSSR count). The van der Waals surface area contributed by atoms with Gasteiger partial charge in [0.1, 0.15) is 0 Å². The molecule has 0 radical (unpaired) electrons. The first kappa shape index (κ1) is 28.3. The molecular weight excluding hydrogens is 627 g/mol. The fraction of sp³-hybridized carbons (Fsp3) is 0.0588. The van der Waals surface area contributed by atoms with E-state index in [1.165, 1.54) is 115 Å². The van der Waals surface area contributed by atoms with E-state index in [-0.39, 0.29) is 5.41 Å². The van der Waals surface area contributed by atoms with Gasteiger partial charge >= 0.3 is 0 Å². The van der Waals surface area contributed by atoms with Crippen LogP contribution < -0.4 is 0 Å². The molecule has 0 unspecified atom stereocenters. The molecule has 0 amide bonds. The van der Waals surface area contributed by atoms with Gasteiger partial charge in [0, 0.05) is 27.0 Å². The molecule has 1 nitrogen and oxygen atoms in total. The van der Waals surface area contributed by atoms with Gasteiger partial charge in [0.05, 0.1) is 16.6 Å². The van der Waals surface area contributed by atoms with E-state index < -0.39 is 0 Å². The van der Waals surface area contributed by atoms with Crippen LogP contribution in [0.25, 0.3) is 104 Å². The van der Waals surface area contributed by atoms with Crippen LogP contribution in [0.4, 0.5) is 0 Å². The van der Waals surface area contributed by atoms with E-state index in [0.29, 0.717) is 0 Å². The lowest BCUT2D eigenvalue weighted by Gasteiger charge is -2.23. The van der Waals surface area contributed by atoms with Crippen molar-refractivity contribution in [2.75, 3.05) is 0 Å². The third kappa shape index (κ3) is 3.58. The van der Waals surface area contributed by atoms with Crippen LogP contribution in [0, 0.1) is 0 Å². The second-order valence-corrected chi connectivity index (χ2v) is 15.3. The summed E-state index contributed by atoms with van der Waals surface area (Å²) in [5.74, 6) is 0. The lowest BCUT2D eigenvalue weighted by atomic mass is 9.80. The molecule has 0 aliphatic heterocycles. The largest absolute Gasteiger partial charge is 0.308 e. The van der Waals surface area contributed by atoms with Crippen LogP contribution in [0.3, 0.4) is 0 Å². The fourth-order valence-corrected chi connectivity index (χ4v) is 9.79. The Hall–Kier alpha value is -6.44. The number of benzene rings is 9. The summed E-state index contributed by atoms with van der Waals surface area (Å²) in [5.41, 5.74) is 14.3. The monoisotopic (exact) mass is 659 g/mol. The van der Waals surface area contributed by atoms with Crippen molar-refractivity contribution in [2.24, 2.45) is 0 Å². The van der Waals surface area contributed by atoms with E-state index >= 15 is 0 Å². The van der Waals surface area contributed by atoms with E-state index in [0.717, 1.165) is 0 Å². The highest BCUT2D eigenvalue weighted by Crippen LogP contribution is 2.51. The predicted octanol–water partition coefficient (Wildman–Crippen LogP) is 13.9. The first-order valence-corrected chi connectivity index (χ1v) is 18.3. The molecule has 52 heavy (non-hydrogen) atoms. The maximum Gasteiger partial charge on any atom is 0.0620 e. The molecule has 1 aliphatic carbocycles. The number of rotatable bonds is 2. The van der Waals surface area contributed by atoms with Gasteiger partial charge in [0.2, 0.25) is 0 Å². The molecule has 242 valence electrons. The quantitative estimate of drug-likeness (QED) is 0.163. The third-order valence-electron chi connectivity index (χ3n) is 12.3. The third-order valence-corrected chi connectivity index (χ3v) is 12.3. The van der Waals surface area contributed by atoms with E-state index in [1.807, 2.05) is 0 Å². The van der Waals surface area contributed by atoms with Crippen molar-refractivity contribution in [3.8, 4) is 33.4 Å². The summed E-state index contributed by atoms with van der Waals surface area (Å²) >= 11 is 0. The van der Waals surface area contributed by atoms with E-state index in [1.54, 1.807) is 0 Å². The Balaban J connectivity index is 0.982. The zero-order valence-electron chi connectivity index (χ0n) is 29.0.